The quantitative estimate of drug-likeness (QED) is 0.558. The molecular weight excluding hydrogens is 526 g/mol. The number of halogens is 6. The highest BCUT2D eigenvalue weighted by atomic mass is 19.4. The van der Waals surface area contributed by atoms with Gasteiger partial charge in [0.15, 0.2) is 0 Å². The number of nitrogens with zero attached hydrogens (tertiary/aromatic N) is 4. The molecule has 2 N–H and O–H groups in total. The average Bonchev–Trinajstić information content (AvgIpc) is 3.38. The Morgan fingerprint density at radius 1 is 0.947 bits per heavy atom. The van der Waals surface area contributed by atoms with Crippen LogP contribution in [-0.4, -0.2) is 74.5 Å². The van der Waals surface area contributed by atoms with Crippen LogP contribution in [0, 0.1) is 5.41 Å². The van der Waals surface area contributed by atoms with Gasteiger partial charge in [-0.25, -0.2) is 9.59 Å². The average molecular weight is 552 g/mol. The standard InChI is InChI=1S/C19H24N4O.2C2HF3O2/c1-21-10-3-5-17(21)15-22-11-6-19(7-12-22)8-13-23(18(19)24)16-4-2-9-20-14-16;2*3-2(4,5)1(6)7/h2-5,9-10,14H,6-8,11-13,15H2,1H3;2*(H,6,7). The van der Waals surface area contributed by atoms with Crippen LogP contribution >= 0.6 is 0 Å². The molecule has 0 aromatic carbocycles. The third-order valence-electron chi connectivity index (χ3n) is 6.21. The number of alkyl halides is 6. The molecule has 0 radical (unpaired) electrons. The van der Waals surface area contributed by atoms with E-state index in [9.17, 15) is 31.1 Å². The van der Waals surface area contributed by atoms with E-state index in [1.54, 1.807) is 12.4 Å². The number of piperidine rings is 1. The molecule has 4 rings (SSSR count). The fraction of sp³-hybridized carbons (Fsp3) is 0.478. The zero-order chi connectivity index (χ0) is 28.7. The van der Waals surface area contributed by atoms with Gasteiger partial charge in [-0.15, -0.1) is 0 Å². The summed E-state index contributed by atoms with van der Waals surface area (Å²) in [5, 5.41) is 14.2. The molecular formula is C23H26F6N4O5. The number of carbonyl (C=O) groups is 3. The molecule has 15 heteroatoms. The van der Waals surface area contributed by atoms with Gasteiger partial charge in [0.1, 0.15) is 0 Å². The summed E-state index contributed by atoms with van der Waals surface area (Å²) in [6, 6.07) is 8.15. The summed E-state index contributed by atoms with van der Waals surface area (Å²) in [6.07, 6.45) is -1.63. The second-order valence-corrected chi connectivity index (χ2v) is 8.69. The molecule has 0 atom stereocenters. The minimum absolute atomic E-state index is 0.152. The van der Waals surface area contributed by atoms with Crippen LogP contribution in [0.15, 0.2) is 42.9 Å². The van der Waals surface area contributed by atoms with E-state index in [0.29, 0.717) is 5.91 Å². The zero-order valence-electron chi connectivity index (χ0n) is 20.2. The molecule has 0 saturated carbocycles. The molecule has 210 valence electrons. The number of likely N-dealkylation sites (tertiary alicyclic amines) is 1. The molecule has 38 heavy (non-hydrogen) atoms. The summed E-state index contributed by atoms with van der Waals surface area (Å²) in [7, 11) is 2.09. The van der Waals surface area contributed by atoms with Gasteiger partial charge in [0.05, 0.1) is 17.3 Å². The second-order valence-electron chi connectivity index (χ2n) is 8.69. The number of carboxylic acids is 2. The molecule has 0 aliphatic carbocycles. The molecule has 2 aliphatic rings. The van der Waals surface area contributed by atoms with Crippen LogP contribution in [0.3, 0.4) is 0 Å². The van der Waals surface area contributed by atoms with E-state index in [0.717, 1.165) is 51.1 Å². The van der Waals surface area contributed by atoms with E-state index < -0.39 is 24.3 Å². The Morgan fingerprint density at radius 3 is 1.89 bits per heavy atom. The topological polar surface area (TPSA) is 116 Å². The van der Waals surface area contributed by atoms with Crippen molar-refractivity contribution in [3.8, 4) is 0 Å². The van der Waals surface area contributed by atoms with Crippen molar-refractivity contribution in [3.63, 3.8) is 0 Å². The molecule has 2 aromatic heterocycles. The fourth-order valence-electron chi connectivity index (χ4n) is 4.07. The van der Waals surface area contributed by atoms with Crippen molar-refractivity contribution in [2.24, 2.45) is 12.5 Å². The second kappa shape index (κ2) is 12.3. The summed E-state index contributed by atoms with van der Waals surface area (Å²) in [5.41, 5.74) is 2.12. The molecule has 2 fully saturated rings. The van der Waals surface area contributed by atoms with Crippen molar-refractivity contribution in [2.75, 3.05) is 24.5 Å². The maximum absolute atomic E-state index is 13.0. The number of carboxylic acid groups (broad SMARTS) is 2. The minimum Gasteiger partial charge on any atom is -0.475 e. The van der Waals surface area contributed by atoms with Crippen LogP contribution in [0.1, 0.15) is 25.0 Å². The lowest BCUT2D eigenvalue weighted by atomic mass is 9.77. The van der Waals surface area contributed by atoms with E-state index in [1.807, 2.05) is 17.0 Å². The van der Waals surface area contributed by atoms with Gasteiger partial charge in [-0.1, -0.05) is 0 Å². The molecule has 0 unspecified atom stereocenters. The van der Waals surface area contributed by atoms with Gasteiger partial charge in [0.25, 0.3) is 0 Å². The van der Waals surface area contributed by atoms with Gasteiger partial charge >= 0.3 is 24.3 Å². The van der Waals surface area contributed by atoms with Gasteiger partial charge in [0, 0.05) is 38.2 Å². The molecule has 2 saturated heterocycles. The molecule has 9 nitrogen and oxygen atoms in total. The van der Waals surface area contributed by atoms with Gasteiger partial charge in [0.2, 0.25) is 5.91 Å². The number of aromatic nitrogens is 2. The first kappa shape index (κ1) is 30.6. The number of aryl methyl sites for hydroxylation is 1. The Labute approximate surface area is 213 Å². The maximum Gasteiger partial charge on any atom is 0.490 e. The maximum atomic E-state index is 13.0. The summed E-state index contributed by atoms with van der Waals surface area (Å²) >= 11 is 0. The van der Waals surface area contributed by atoms with Crippen LogP contribution in [0.4, 0.5) is 32.0 Å². The summed E-state index contributed by atoms with van der Waals surface area (Å²) in [6.45, 7) is 3.79. The molecule has 2 aliphatic heterocycles. The van der Waals surface area contributed by atoms with Crippen LogP contribution < -0.4 is 4.90 Å². The van der Waals surface area contributed by atoms with Crippen LogP contribution in [0.5, 0.6) is 0 Å². The normalized spacial score (nSPS) is 17.3. The Balaban J connectivity index is 0.000000301. The van der Waals surface area contributed by atoms with E-state index in [4.69, 9.17) is 19.8 Å². The number of carbonyl (C=O) groups excluding carboxylic acids is 1. The Bertz CT molecular complexity index is 1070. The molecule has 4 heterocycles. The summed E-state index contributed by atoms with van der Waals surface area (Å²) < 4.78 is 65.6. The zero-order valence-corrected chi connectivity index (χ0v) is 20.2. The highest BCUT2D eigenvalue weighted by Gasteiger charge is 2.48. The third kappa shape index (κ3) is 8.19. The first-order chi connectivity index (χ1) is 17.6. The number of aliphatic carboxylic acids is 2. The number of amides is 1. The van der Waals surface area contributed by atoms with Crippen molar-refractivity contribution in [1.29, 1.82) is 0 Å². The van der Waals surface area contributed by atoms with E-state index in [-0.39, 0.29) is 5.41 Å². The Hall–Kier alpha value is -3.62. The molecule has 1 amide bonds. The van der Waals surface area contributed by atoms with Gasteiger partial charge in [-0.3, -0.25) is 14.7 Å². The molecule has 1 spiro atoms. The number of hydrogen-bond acceptors (Lipinski definition) is 5. The number of anilines is 1. The van der Waals surface area contributed by atoms with Gasteiger partial charge in [-0.2, -0.15) is 26.3 Å². The largest absolute Gasteiger partial charge is 0.490 e. The Kier molecular flexibility index (Phi) is 9.89. The van der Waals surface area contributed by atoms with E-state index in [1.165, 1.54) is 5.69 Å². The smallest absolute Gasteiger partial charge is 0.475 e. The lowest BCUT2D eigenvalue weighted by molar-refractivity contribution is -0.193. The number of rotatable bonds is 3. The summed E-state index contributed by atoms with van der Waals surface area (Å²) in [4.78, 5) is 39.4. The minimum atomic E-state index is -5.08. The van der Waals surface area contributed by atoms with Crippen LogP contribution in [-0.2, 0) is 28.0 Å². The van der Waals surface area contributed by atoms with Crippen molar-refractivity contribution in [3.05, 3.63) is 48.5 Å². The predicted octanol–water partition coefficient (Wildman–Crippen LogP) is 3.71. The summed E-state index contributed by atoms with van der Waals surface area (Å²) in [5.74, 6) is -5.21. The first-order valence-corrected chi connectivity index (χ1v) is 11.2. The monoisotopic (exact) mass is 552 g/mol. The lowest BCUT2D eigenvalue weighted by Gasteiger charge is -2.38. The van der Waals surface area contributed by atoms with Crippen molar-refractivity contribution in [1.82, 2.24) is 14.5 Å². The fourth-order valence-corrected chi connectivity index (χ4v) is 4.07. The third-order valence-corrected chi connectivity index (χ3v) is 6.21. The number of hydrogen-bond donors (Lipinski definition) is 2. The first-order valence-electron chi connectivity index (χ1n) is 11.2. The van der Waals surface area contributed by atoms with Crippen molar-refractivity contribution in [2.45, 2.75) is 38.2 Å². The molecule has 2 aromatic rings. The van der Waals surface area contributed by atoms with Crippen LogP contribution in [0.2, 0.25) is 0 Å². The highest BCUT2D eigenvalue weighted by Crippen LogP contribution is 2.43. The van der Waals surface area contributed by atoms with Gasteiger partial charge in [-0.05, 0) is 56.6 Å². The predicted molar refractivity (Wildman–Crippen MR) is 121 cm³/mol. The number of pyridine rings is 1. The van der Waals surface area contributed by atoms with Gasteiger partial charge < -0.3 is 19.7 Å². The SMILES string of the molecule is Cn1cccc1CN1CCC2(CC1)CCN(c1cccnc1)C2=O.O=C(O)C(F)(F)F.O=C(O)C(F)(F)F. The van der Waals surface area contributed by atoms with Crippen molar-refractivity contribution < 1.29 is 50.9 Å². The van der Waals surface area contributed by atoms with Crippen molar-refractivity contribution >= 4 is 23.5 Å². The van der Waals surface area contributed by atoms with E-state index >= 15 is 0 Å². The highest BCUT2D eigenvalue weighted by molar-refractivity contribution is 5.99. The van der Waals surface area contributed by atoms with Crippen LogP contribution in [0.25, 0.3) is 0 Å². The molecule has 0 bridgehead atoms. The lowest BCUT2D eigenvalue weighted by Crippen LogP contribution is -2.44. The van der Waals surface area contributed by atoms with E-state index in [2.05, 4.69) is 39.8 Å². The Morgan fingerprint density at radius 2 is 1.47 bits per heavy atom.